The molecule has 0 spiro atoms. The number of anilines is 1. The van der Waals surface area contributed by atoms with Crippen molar-refractivity contribution in [3.63, 3.8) is 0 Å². The molecule has 1 aromatic heterocycles. The number of carboxylic acid groups (broad SMARTS) is 1. The lowest BCUT2D eigenvalue weighted by molar-refractivity contribution is -0.137. The number of hydrogen-bond donors (Lipinski definition) is 2. The first-order valence-electron chi connectivity index (χ1n) is 6.58. The lowest BCUT2D eigenvalue weighted by atomic mass is 9.98. The molecule has 2 aromatic rings. The van der Waals surface area contributed by atoms with Gasteiger partial charge in [0.05, 0.1) is 6.42 Å². The normalized spacial score (nSPS) is 11.9. The molecule has 0 aliphatic rings. The molecular weight excluding hydrogens is 270 g/mol. The third-order valence-electron chi connectivity index (χ3n) is 3.16. The first kappa shape index (κ1) is 14.8. The van der Waals surface area contributed by atoms with Gasteiger partial charge in [0.1, 0.15) is 0 Å². The van der Waals surface area contributed by atoms with Gasteiger partial charge in [0.2, 0.25) is 0 Å². The van der Waals surface area contributed by atoms with Gasteiger partial charge in [0.15, 0.2) is 5.69 Å². The van der Waals surface area contributed by atoms with Crippen LogP contribution in [0.4, 0.5) is 5.69 Å². The molecule has 0 radical (unpaired) electrons. The van der Waals surface area contributed by atoms with Gasteiger partial charge in [-0.1, -0.05) is 19.1 Å². The van der Waals surface area contributed by atoms with Crippen molar-refractivity contribution in [2.45, 2.75) is 19.3 Å². The Morgan fingerprint density at radius 1 is 1.29 bits per heavy atom. The minimum absolute atomic E-state index is 0.0666. The lowest BCUT2D eigenvalue weighted by Crippen LogP contribution is -2.13. The monoisotopic (exact) mass is 287 g/mol. The Labute approximate surface area is 122 Å². The molecule has 0 saturated heterocycles. The Hall–Kier alpha value is -2.63. The fourth-order valence-electron chi connectivity index (χ4n) is 2.01. The molecule has 1 atom stereocenters. The summed E-state index contributed by atoms with van der Waals surface area (Å²) >= 11 is 0. The molecule has 0 aliphatic heterocycles. The van der Waals surface area contributed by atoms with Crippen molar-refractivity contribution in [3.8, 4) is 0 Å². The number of carbonyl (C=O) groups excluding carboxylic acids is 1. The zero-order valence-corrected chi connectivity index (χ0v) is 11.9. The average molecular weight is 287 g/mol. The van der Waals surface area contributed by atoms with Crippen molar-refractivity contribution in [1.29, 1.82) is 0 Å². The topological polar surface area (TPSA) is 84.2 Å². The molecule has 1 aromatic carbocycles. The van der Waals surface area contributed by atoms with Crippen LogP contribution in [0.25, 0.3) is 0 Å². The zero-order chi connectivity index (χ0) is 15.4. The van der Waals surface area contributed by atoms with Crippen LogP contribution in [0.5, 0.6) is 0 Å². The minimum atomic E-state index is -0.824. The average Bonchev–Trinajstić information content (AvgIpc) is 2.85. The molecule has 0 saturated carbocycles. The predicted molar refractivity (Wildman–Crippen MR) is 78.3 cm³/mol. The van der Waals surface area contributed by atoms with Crippen LogP contribution in [0.1, 0.15) is 35.3 Å². The number of aliphatic carboxylic acids is 1. The maximum absolute atomic E-state index is 11.9. The van der Waals surface area contributed by atoms with Gasteiger partial charge in [-0.05, 0) is 29.7 Å². The second kappa shape index (κ2) is 6.21. The molecule has 0 aliphatic carbocycles. The first-order chi connectivity index (χ1) is 9.95. The van der Waals surface area contributed by atoms with E-state index in [1.165, 1.54) is 0 Å². The van der Waals surface area contributed by atoms with E-state index in [9.17, 15) is 9.59 Å². The van der Waals surface area contributed by atoms with Gasteiger partial charge in [0, 0.05) is 18.9 Å². The standard InChI is InChI=1S/C15H17N3O3/c1-10(9-14(19)20)11-3-5-12(6-4-11)16-15(21)13-7-8-18(2)17-13/h3-8,10H,9H2,1-2H3,(H,16,21)(H,19,20). The molecular formula is C15H17N3O3. The van der Waals surface area contributed by atoms with Crippen molar-refractivity contribution in [2.24, 2.45) is 7.05 Å². The van der Waals surface area contributed by atoms with Crippen LogP contribution in [-0.2, 0) is 11.8 Å². The van der Waals surface area contributed by atoms with Crippen molar-refractivity contribution in [1.82, 2.24) is 9.78 Å². The molecule has 21 heavy (non-hydrogen) atoms. The quantitative estimate of drug-likeness (QED) is 0.883. The van der Waals surface area contributed by atoms with Gasteiger partial charge >= 0.3 is 5.97 Å². The second-order valence-electron chi connectivity index (χ2n) is 4.95. The van der Waals surface area contributed by atoms with E-state index in [2.05, 4.69) is 10.4 Å². The van der Waals surface area contributed by atoms with Crippen LogP contribution in [-0.4, -0.2) is 26.8 Å². The number of benzene rings is 1. The molecule has 0 fully saturated rings. The Morgan fingerprint density at radius 3 is 2.48 bits per heavy atom. The van der Waals surface area contributed by atoms with Gasteiger partial charge < -0.3 is 10.4 Å². The Kier molecular flexibility index (Phi) is 4.37. The molecule has 1 heterocycles. The fraction of sp³-hybridized carbons (Fsp3) is 0.267. The summed E-state index contributed by atoms with van der Waals surface area (Å²) in [5, 5.41) is 15.6. The lowest BCUT2D eigenvalue weighted by Gasteiger charge is -2.10. The van der Waals surface area contributed by atoms with E-state index in [1.807, 2.05) is 19.1 Å². The molecule has 2 N–H and O–H groups in total. The fourth-order valence-corrected chi connectivity index (χ4v) is 2.01. The van der Waals surface area contributed by atoms with Crippen LogP contribution >= 0.6 is 0 Å². The minimum Gasteiger partial charge on any atom is -0.481 e. The van der Waals surface area contributed by atoms with Crippen LogP contribution in [0.2, 0.25) is 0 Å². The number of aromatic nitrogens is 2. The third-order valence-corrected chi connectivity index (χ3v) is 3.16. The summed E-state index contributed by atoms with van der Waals surface area (Å²) in [4.78, 5) is 22.6. The Morgan fingerprint density at radius 2 is 1.95 bits per heavy atom. The predicted octanol–water partition coefficient (Wildman–Crippen LogP) is 2.25. The van der Waals surface area contributed by atoms with E-state index in [1.54, 1.807) is 36.1 Å². The number of carbonyl (C=O) groups is 2. The SMILES string of the molecule is CC(CC(=O)O)c1ccc(NC(=O)c2ccn(C)n2)cc1. The summed E-state index contributed by atoms with van der Waals surface area (Å²) in [6, 6.07) is 8.80. The van der Waals surface area contributed by atoms with E-state index >= 15 is 0 Å². The van der Waals surface area contributed by atoms with Gasteiger partial charge in [-0.15, -0.1) is 0 Å². The first-order valence-corrected chi connectivity index (χ1v) is 6.58. The zero-order valence-electron chi connectivity index (χ0n) is 11.9. The van der Waals surface area contributed by atoms with Gasteiger partial charge in [-0.3, -0.25) is 14.3 Å². The van der Waals surface area contributed by atoms with Gasteiger partial charge in [-0.2, -0.15) is 5.10 Å². The Bertz CT molecular complexity index is 646. The van der Waals surface area contributed by atoms with Crippen molar-refractivity contribution in [3.05, 3.63) is 47.8 Å². The highest BCUT2D eigenvalue weighted by atomic mass is 16.4. The number of nitrogens with zero attached hydrogens (tertiary/aromatic N) is 2. The maximum atomic E-state index is 11.9. The van der Waals surface area contributed by atoms with E-state index in [4.69, 9.17) is 5.11 Å². The summed E-state index contributed by atoms with van der Waals surface area (Å²) < 4.78 is 1.56. The van der Waals surface area contributed by atoms with Crippen LogP contribution < -0.4 is 5.32 Å². The highest BCUT2D eigenvalue weighted by Gasteiger charge is 2.11. The molecule has 6 heteroatoms. The number of rotatable bonds is 5. The van der Waals surface area contributed by atoms with E-state index in [0.29, 0.717) is 11.4 Å². The molecule has 0 bridgehead atoms. The van der Waals surface area contributed by atoms with Crippen LogP contribution in [0.15, 0.2) is 36.5 Å². The maximum Gasteiger partial charge on any atom is 0.303 e. The molecule has 6 nitrogen and oxygen atoms in total. The van der Waals surface area contributed by atoms with Crippen molar-refractivity contribution < 1.29 is 14.7 Å². The number of hydrogen-bond acceptors (Lipinski definition) is 3. The van der Waals surface area contributed by atoms with Crippen LogP contribution in [0.3, 0.4) is 0 Å². The summed E-state index contributed by atoms with van der Waals surface area (Å²) in [7, 11) is 1.75. The highest BCUT2D eigenvalue weighted by Crippen LogP contribution is 2.21. The van der Waals surface area contributed by atoms with Gasteiger partial charge in [-0.25, -0.2) is 0 Å². The summed E-state index contributed by atoms with van der Waals surface area (Å²) in [5.41, 5.74) is 1.92. The van der Waals surface area contributed by atoms with Crippen LogP contribution in [0, 0.1) is 0 Å². The molecule has 1 amide bonds. The smallest absolute Gasteiger partial charge is 0.303 e. The molecule has 110 valence electrons. The highest BCUT2D eigenvalue weighted by molar-refractivity contribution is 6.02. The molecule has 2 rings (SSSR count). The summed E-state index contributed by atoms with van der Waals surface area (Å²) in [6.45, 7) is 1.86. The Balaban J connectivity index is 2.02. The van der Waals surface area contributed by atoms with E-state index in [0.717, 1.165) is 5.56 Å². The molecule has 1 unspecified atom stereocenters. The van der Waals surface area contributed by atoms with Gasteiger partial charge in [0.25, 0.3) is 5.91 Å². The number of nitrogens with one attached hydrogen (secondary N) is 1. The summed E-state index contributed by atoms with van der Waals surface area (Å²) in [5.74, 6) is -1.17. The second-order valence-corrected chi connectivity index (χ2v) is 4.95. The van der Waals surface area contributed by atoms with E-state index in [-0.39, 0.29) is 18.2 Å². The third kappa shape index (κ3) is 3.92. The van der Waals surface area contributed by atoms with E-state index < -0.39 is 5.97 Å². The van der Waals surface area contributed by atoms with Crippen molar-refractivity contribution >= 4 is 17.6 Å². The number of amides is 1. The summed E-state index contributed by atoms with van der Waals surface area (Å²) in [6.07, 6.45) is 1.78. The number of carboxylic acids is 1. The number of aryl methyl sites for hydroxylation is 1. The largest absolute Gasteiger partial charge is 0.481 e. The van der Waals surface area contributed by atoms with Crippen molar-refractivity contribution in [2.75, 3.05) is 5.32 Å².